The molecule has 4 rings (SSSR count). The van der Waals surface area contributed by atoms with E-state index in [0.717, 1.165) is 25.2 Å². The first-order valence-corrected chi connectivity index (χ1v) is 8.65. The van der Waals surface area contributed by atoms with Gasteiger partial charge in [-0.15, -0.1) is 5.10 Å². The van der Waals surface area contributed by atoms with Crippen LogP contribution in [0, 0.1) is 6.92 Å². The third-order valence-corrected chi connectivity index (χ3v) is 4.63. The van der Waals surface area contributed by atoms with E-state index >= 15 is 0 Å². The van der Waals surface area contributed by atoms with Gasteiger partial charge < -0.3 is 10.2 Å². The zero-order valence-electron chi connectivity index (χ0n) is 14.3. The van der Waals surface area contributed by atoms with E-state index < -0.39 is 0 Å². The van der Waals surface area contributed by atoms with Gasteiger partial charge in [-0.1, -0.05) is 42.5 Å². The molecule has 0 aliphatic carbocycles. The molecule has 1 aromatic heterocycles. The molecular weight excluding hydrogens is 310 g/mol. The standard InChI is InChI=1S/C20H21N5/c1-15-7-2-3-9-17(15)13-21-20-23-19(14-22-24-20)25-12-6-10-16-8-4-5-11-18(16)25/h2-5,7-9,11,14H,6,10,12-13H2,1H3,(H,21,23,24). The van der Waals surface area contributed by atoms with Gasteiger partial charge in [0.05, 0.1) is 6.20 Å². The van der Waals surface area contributed by atoms with Crippen LogP contribution in [0.4, 0.5) is 17.5 Å². The van der Waals surface area contributed by atoms with E-state index in [4.69, 9.17) is 0 Å². The summed E-state index contributed by atoms with van der Waals surface area (Å²) in [5.74, 6) is 1.40. The molecule has 0 atom stereocenters. The fourth-order valence-electron chi connectivity index (χ4n) is 3.25. The van der Waals surface area contributed by atoms with Crippen LogP contribution in [0.2, 0.25) is 0 Å². The van der Waals surface area contributed by atoms with E-state index in [2.05, 4.69) is 68.7 Å². The smallest absolute Gasteiger partial charge is 0.244 e. The second-order valence-corrected chi connectivity index (χ2v) is 6.30. The first kappa shape index (κ1) is 15.6. The predicted octanol–water partition coefficient (Wildman–Crippen LogP) is 3.88. The largest absolute Gasteiger partial charge is 0.349 e. The van der Waals surface area contributed by atoms with E-state index in [-0.39, 0.29) is 0 Å². The Morgan fingerprint density at radius 2 is 1.92 bits per heavy atom. The monoisotopic (exact) mass is 331 g/mol. The number of benzene rings is 2. The Morgan fingerprint density at radius 3 is 2.84 bits per heavy atom. The number of nitrogens with zero attached hydrogens (tertiary/aromatic N) is 4. The van der Waals surface area contributed by atoms with E-state index in [0.29, 0.717) is 12.5 Å². The van der Waals surface area contributed by atoms with Gasteiger partial charge >= 0.3 is 0 Å². The Balaban J connectivity index is 1.55. The summed E-state index contributed by atoms with van der Waals surface area (Å²) in [5.41, 5.74) is 5.07. The van der Waals surface area contributed by atoms with E-state index in [1.54, 1.807) is 6.20 Å². The Hall–Kier alpha value is -2.95. The van der Waals surface area contributed by atoms with Crippen LogP contribution in [0.3, 0.4) is 0 Å². The highest BCUT2D eigenvalue weighted by atomic mass is 15.3. The van der Waals surface area contributed by atoms with Crippen molar-refractivity contribution < 1.29 is 0 Å². The molecule has 0 saturated carbocycles. The third kappa shape index (κ3) is 3.31. The van der Waals surface area contributed by atoms with Crippen LogP contribution in [0.25, 0.3) is 0 Å². The quantitative estimate of drug-likeness (QED) is 0.786. The summed E-state index contributed by atoms with van der Waals surface area (Å²) in [5, 5.41) is 11.6. The van der Waals surface area contributed by atoms with Gasteiger partial charge in [0.1, 0.15) is 0 Å². The van der Waals surface area contributed by atoms with Crippen molar-refractivity contribution in [2.75, 3.05) is 16.8 Å². The summed E-state index contributed by atoms with van der Waals surface area (Å²) in [6.07, 6.45) is 3.97. The minimum atomic E-state index is 0.559. The molecule has 5 heteroatoms. The molecule has 0 fully saturated rings. The highest BCUT2D eigenvalue weighted by molar-refractivity contribution is 5.65. The highest BCUT2D eigenvalue weighted by Gasteiger charge is 2.19. The Kier molecular flexibility index (Phi) is 4.29. The average molecular weight is 331 g/mol. The average Bonchev–Trinajstić information content (AvgIpc) is 2.67. The maximum absolute atomic E-state index is 4.68. The molecular formula is C20H21N5. The molecule has 3 aromatic rings. The fraction of sp³-hybridized carbons (Fsp3) is 0.250. The van der Waals surface area contributed by atoms with Crippen LogP contribution in [0.15, 0.2) is 54.7 Å². The molecule has 2 heterocycles. The van der Waals surface area contributed by atoms with Crippen molar-refractivity contribution in [2.24, 2.45) is 0 Å². The number of hydrogen-bond donors (Lipinski definition) is 1. The molecule has 0 amide bonds. The van der Waals surface area contributed by atoms with Gasteiger partial charge in [-0.3, -0.25) is 0 Å². The number of aromatic nitrogens is 3. The molecule has 0 unspecified atom stereocenters. The molecule has 2 aromatic carbocycles. The summed E-state index contributed by atoms with van der Waals surface area (Å²) < 4.78 is 0. The summed E-state index contributed by atoms with van der Waals surface area (Å²) in [4.78, 5) is 6.91. The maximum atomic E-state index is 4.68. The van der Waals surface area contributed by atoms with Crippen LogP contribution in [0.1, 0.15) is 23.1 Å². The van der Waals surface area contributed by atoms with Gasteiger partial charge in [-0.25, -0.2) is 0 Å². The minimum absolute atomic E-state index is 0.559. The Bertz CT molecular complexity index is 877. The lowest BCUT2D eigenvalue weighted by Crippen LogP contribution is -2.25. The second-order valence-electron chi connectivity index (χ2n) is 6.30. The van der Waals surface area contributed by atoms with Gasteiger partial charge in [0.15, 0.2) is 5.82 Å². The number of anilines is 3. The minimum Gasteiger partial charge on any atom is -0.349 e. The molecule has 25 heavy (non-hydrogen) atoms. The number of aryl methyl sites for hydroxylation is 2. The lowest BCUT2D eigenvalue weighted by atomic mass is 10.0. The third-order valence-electron chi connectivity index (χ3n) is 4.63. The van der Waals surface area contributed by atoms with Crippen molar-refractivity contribution in [3.05, 3.63) is 71.4 Å². The summed E-state index contributed by atoms with van der Waals surface area (Å²) in [6, 6.07) is 16.8. The van der Waals surface area contributed by atoms with Crippen molar-refractivity contribution in [1.82, 2.24) is 15.2 Å². The van der Waals surface area contributed by atoms with Crippen molar-refractivity contribution in [3.63, 3.8) is 0 Å². The lowest BCUT2D eigenvalue weighted by molar-refractivity contribution is 0.754. The van der Waals surface area contributed by atoms with Crippen LogP contribution < -0.4 is 10.2 Å². The molecule has 1 aliphatic rings. The Labute approximate surface area is 147 Å². The maximum Gasteiger partial charge on any atom is 0.244 e. The predicted molar refractivity (Wildman–Crippen MR) is 100 cm³/mol. The van der Waals surface area contributed by atoms with Gasteiger partial charge in [0.25, 0.3) is 0 Å². The zero-order valence-corrected chi connectivity index (χ0v) is 14.3. The number of nitrogens with one attached hydrogen (secondary N) is 1. The zero-order chi connectivity index (χ0) is 17.1. The molecule has 1 N–H and O–H groups in total. The molecule has 1 aliphatic heterocycles. The normalized spacial score (nSPS) is 13.4. The van der Waals surface area contributed by atoms with Gasteiger partial charge in [-0.2, -0.15) is 10.1 Å². The molecule has 0 bridgehead atoms. The number of para-hydroxylation sites is 1. The summed E-state index contributed by atoms with van der Waals surface area (Å²) >= 11 is 0. The first-order valence-electron chi connectivity index (χ1n) is 8.65. The molecule has 0 spiro atoms. The molecule has 5 nitrogen and oxygen atoms in total. The van der Waals surface area contributed by atoms with E-state index in [9.17, 15) is 0 Å². The van der Waals surface area contributed by atoms with E-state index in [1.807, 2.05) is 12.1 Å². The summed E-state index contributed by atoms with van der Waals surface area (Å²) in [7, 11) is 0. The number of rotatable bonds is 4. The molecule has 126 valence electrons. The van der Waals surface area contributed by atoms with Crippen LogP contribution in [0.5, 0.6) is 0 Å². The van der Waals surface area contributed by atoms with Crippen LogP contribution in [-0.2, 0) is 13.0 Å². The van der Waals surface area contributed by atoms with Crippen molar-refractivity contribution in [2.45, 2.75) is 26.3 Å². The van der Waals surface area contributed by atoms with Crippen LogP contribution in [-0.4, -0.2) is 21.7 Å². The van der Waals surface area contributed by atoms with Gasteiger partial charge in [-0.05, 0) is 42.5 Å². The van der Waals surface area contributed by atoms with Crippen LogP contribution >= 0.6 is 0 Å². The van der Waals surface area contributed by atoms with Crippen molar-refractivity contribution in [1.29, 1.82) is 0 Å². The molecule has 0 saturated heterocycles. The number of fused-ring (bicyclic) bond motifs is 1. The van der Waals surface area contributed by atoms with Crippen molar-refractivity contribution in [3.8, 4) is 0 Å². The van der Waals surface area contributed by atoms with Gasteiger partial charge in [0.2, 0.25) is 5.95 Å². The fourth-order valence-corrected chi connectivity index (χ4v) is 3.25. The lowest BCUT2D eigenvalue weighted by Gasteiger charge is -2.30. The SMILES string of the molecule is Cc1ccccc1CNc1nncc(N2CCCc3ccccc32)n1. The van der Waals surface area contributed by atoms with E-state index in [1.165, 1.54) is 22.4 Å². The van der Waals surface area contributed by atoms with Crippen molar-refractivity contribution >= 4 is 17.5 Å². The highest BCUT2D eigenvalue weighted by Crippen LogP contribution is 2.31. The second kappa shape index (κ2) is 6.89. The molecule has 0 radical (unpaired) electrons. The van der Waals surface area contributed by atoms with Gasteiger partial charge in [0, 0.05) is 18.8 Å². The first-order chi connectivity index (χ1) is 12.3. The topological polar surface area (TPSA) is 53.9 Å². The summed E-state index contributed by atoms with van der Waals surface area (Å²) in [6.45, 7) is 3.75. The Morgan fingerprint density at radius 1 is 1.08 bits per heavy atom. The number of hydrogen-bond acceptors (Lipinski definition) is 5.